The van der Waals surface area contributed by atoms with Gasteiger partial charge in [0, 0.05) is 44.2 Å². The summed E-state index contributed by atoms with van der Waals surface area (Å²) in [5.41, 5.74) is 3.85. The van der Waals surface area contributed by atoms with Crippen LogP contribution < -0.4 is 4.90 Å². The van der Waals surface area contributed by atoms with Crippen LogP contribution in [0.4, 0.5) is 5.82 Å². The maximum Gasteiger partial charge on any atom is 0.166 e. The normalized spacial score (nSPS) is 26.7. The van der Waals surface area contributed by atoms with Crippen molar-refractivity contribution in [3.05, 3.63) is 40.4 Å². The van der Waals surface area contributed by atoms with Crippen LogP contribution in [-0.4, -0.2) is 60.7 Å². The number of fused-ring (bicyclic) bond motifs is 4. The van der Waals surface area contributed by atoms with Gasteiger partial charge in [-0.3, -0.25) is 4.90 Å². The highest BCUT2D eigenvalue weighted by Crippen LogP contribution is 2.44. The number of rotatable bonds is 0. The van der Waals surface area contributed by atoms with E-state index in [1.54, 1.807) is 0 Å². The lowest BCUT2D eigenvalue weighted by molar-refractivity contribution is 0.0864. The van der Waals surface area contributed by atoms with Gasteiger partial charge in [0.15, 0.2) is 5.76 Å². The van der Waals surface area contributed by atoms with Gasteiger partial charge >= 0.3 is 0 Å². The van der Waals surface area contributed by atoms with Crippen molar-refractivity contribution in [3.63, 3.8) is 0 Å². The maximum absolute atomic E-state index is 6.44. The highest BCUT2D eigenvalue weighted by atomic mass is 35.5. The fourth-order valence-electron chi connectivity index (χ4n) is 3.98. The quantitative estimate of drug-likeness (QED) is 0.709. The highest BCUT2D eigenvalue weighted by molar-refractivity contribution is 6.31. The van der Waals surface area contributed by atoms with Crippen molar-refractivity contribution >= 4 is 23.1 Å². The topological polar surface area (TPSA) is 31.8 Å². The molecule has 134 valence electrons. The third-order valence-electron chi connectivity index (χ3n) is 5.72. The molecule has 5 nitrogen and oxygen atoms in total. The first kappa shape index (κ1) is 16.7. The summed E-state index contributed by atoms with van der Waals surface area (Å²) in [6.45, 7) is 11.2. The largest absolute Gasteiger partial charge is 0.489 e. The number of aryl methyl sites for hydroxylation is 1. The minimum Gasteiger partial charge on any atom is -0.489 e. The van der Waals surface area contributed by atoms with E-state index in [1.807, 2.05) is 24.9 Å². The van der Waals surface area contributed by atoms with Crippen LogP contribution in [0, 0.1) is 6.92 Å². The number of likely N-dealkylation sites (N-methyl/N-ethyl adjacent to an activating group) is 2. The average Bonchev–Trinajstić information content (AvgIpc) is 2.75. The molecular formula is C19H25ClN4O. The van der Waals surface area contributed by atoms with E-state index >= 15 is 0 Å². The van der Waals surface area contributed by atoms with Gasteiger partial charge in [-0.05, 0) is 27.0 Å². The molecule has 2 atom stereocenters. The summed E-state index contributed by atoms with van der Waals surface area (Å²) in [5, 5.41) is 0.689. The molecule has 4 heterocycles. The number of ether oxygens (including phenoxy) is 1. The third kappa shape index (κ3) is 2.52. The standard InChI is InChI=1S/C19H25ClN4O/c1-11-9-24-14(10-22(11)4)6-7-25-18-13(3)23(5)19-15(17(18)24)8-16(20)12(2)21-19/h8,11,14H,3,6-7,9-10H2,1-2,4-5H3. The average molecular weight is 361 g/mol. The number of pyridine rings is 1. The van der Waals surface area contributed by atoms with Crippen LogP contribution in [0.15, 0.2) is 24.1 Å². The first-order valence-corrected chi connectivity index (χ1v) is 9.20. The van der Waals surface area contributed by atoms with Crippen molar-refractivity contribution < 1.29 is 4.74 Å². The molecule has 25 heavy (non-hydrogen) atoms. The minimum atomic E-state index is 0.429. The molecule has 3 aliphatic rings. The summed E-state index contributed by atoms with van der Waals surface area (Å²) in [4.78, 5) is 11.7. The Bertz CT molecular complexity index is 775. The van der Waals surface area contributed by atoms with E-state index in [0.29, 0.717) is 23.7 Å². The van der Waals surface area contributed by atoms with Crippen LogP contribution in [0.5, 0.6) is 0 Å². The number of aromatic nitrogens is 1. The molecule has 1 aromatic heterocycles. The van der Waals surface area contributed by atoms with Crippen LogP contribution in [0.3, 0.4) is 0 Å². The Hall–Kier alpha value is -1.72. The summed E-state index contributed by atoms with van der Waals surface area (Å²) in [6, 6.07) is 2.94. The first-order valence-electron chi connectivity index (χ1n) is 8.83. The number of anilines is 1. The lowest BCUT2D eigenvalue weighted by atomic mass is 9.98. The lowest BCUT2D eigenvalue weighted by Crippen LogP contribution is -2.55. The third-order valence-corrected chi connectivity index (χ3v) is 6.11. The van der Waals surface area contributed by atoms with E-state index in [0.717, 1.165) is 53.7 Å². The zero-order valence-electron chi connectivity index (χ0n) is 15.3. The molecular weight excluding hydrogens is 336 g/mol. The number of halogens is 1. The van der Waals surface area contributed by atoms with Gasteiger partial charge in [-0.2, -0.15) is 0 Å². The van der Waals surface area contributed by atoms with Gasteiger partial charge in [0.1, 0.15) is 5.82 Å². The highest BCUT2D eigenvalue weighted by Gasteiger charge is 2.40. The molecule has 0 spiro atoms. The Balaban J connectivity index is 1.91. The molecule has 0 aliphatic carbocycles. The fraction of sp³-hybridized carbons (Fsp3) is 0.526. The van der Waals surface area contributed by atoms with E-state index in [9.17, 15) is 0 Å². The molecule has 0 amide bonds. The predicted octanol–water partition coefficient (Wildman–Crippen LogP) is 3.10. The molecule has 4 rings (SSSR count). The van der Waals surface area contributed by atoms with E-state index in [2.05, 4.69) is 30.4 Å². The molecule has 0 saturated carbocycles. The van der Waals surface area contributed by atoms with Crippen LogP contribution in [0.25, 0.3) is 5.70 Å². The Labute approximate surface area is 154 Å². The van der Waals surface area contributed by atoms with Crippen molar-refractivity contribution in [1.82, 2.24) is 14.8 Å². The number of piperazine rings is 1. The van der Waals surface area contributed by atoms with E-state index in [-0.39, 0.29) is 0 Å². The summed E-state index contributed by atoms with van der Waals surface area (Å²) in [5.74, 6) is 1.78. The van der Waals surface area contributed by atoms with Crippen LogP contribution in [0.1, 0.15) is 24.6 Å². The molecule has 0 radical (unpaired) electrons. The molecule has 1 saturated heterocycles. The van der Waals surface area contributed by atoms with E-state index in [4.69, 9.17) is 21.3 Å². The zero-order chi connectivity index (χ0) is 17.9. The zero-order valence-corrected chi connectivity index (χ0v) is 16.1. The van der Waals surface area contributed by atoms with E-state index in [1.165, 1.54) is 0 Å². The van der Waals surface area contributed by atoms with Gasteiger partial charge in [-0.15, -0.1) is 0 Å². The van der Waals surface area contributed by atoms with Crippen molar-refractivity contribution in [2.75, 3.05) is 38.7 Å². The van der Waals surface area contributed by atoms with Gasteiger partial charge in [0.2, 0.25) is 0 Å². The first-order chi connectivity index (χ1) is 11.9. The van der Waals surface area contributed by atoms with Gasteiger partial charge in [0.25, 0.3) is 0 Å². The van der Waals surface area contributed by atoms with Gasteiger partial charge < -0.3 is 14.5 Å². The van der Waals surface area contributed by atoms with Gasteiger partial charge in [0.05, 0.1) is 28.7 Å². The fourth-order valence-corrected chi connectivity index (χ4v) is 4.13. The summed E-state index contributed by atoms with van der Waals surface area (Å²) < 4.78 is 6.19. The summed E-state index contributed by atoms with van der Waals surface area (Å²) >= 11 is 6.44. The van der Waals surface area contributed by atoms with Gasteiger partial charge in [-0.25, -0.2) is 4.98 Å². The van der Waals surface area contributed by atoms with Crippen molar-refractivity contribution in [1.29, 1.82) is 0 Å². The Kier molecular flexibility index (Phi) is 3.96. The van der Waals surface area contributed by atoms with Gasteiger partial charge in [-0.1, -0.05) is 18.2 Å². The number of hydrogen-bond acceptors (Lipinski definition) is 5. The number of nitrogens with zero attached hydrogens (tertiary/aromatic N) is 4. The second-order valence-electron chi connectivity index (χ2n) is 7.34. The van der Waals surface area contributed by atoms with Crippen LogP contribution >= 0.6 is 11.6 Å². The lowest BCUT2D eigenvalue weighted by Gasteiger charge is -2.46. The summed E-state index contributed by atoms with van der Waals surface area (Å²) in [7, 11) is 4.19. The Morgan fingerprint density at radius 1 is 1.32 bits per heavy atom. The second-order valence-corrected chi connectivity index (χ2v) is 7.75. The molecule has 2 unspecified atom stereocenters. The van der Waals surface area contributed by atoms with Crippen molar-refractivity contribution in [2.24, 2.45) is 0 Å². The van der Waals surface area contributed by atoms with E-state index < -0.39 is 0 Å². The molecule has 1 aromatic rings. The Morgan fingerprint density at radius 3 is 2.84 bits per heavy atom. The molecule has 0 aromatic carbocycles. The summed E-state index contributed by atoms with van der Waals surface area (Å²) in [6.07, 6.45) is 1.00. The van der Waals surface area contributed by atoms with Crippen LogP contribution in [-0.2, 0) is 4.74 Å². The molecule has 3 aliphatic heterocycles. The predicted molar refractivity (Wildman–Crippen MR) is 102 cm³/mol. The molecule has 0 N–H and O–H groups in total. The van der Waals surface area contributed by atoms with Crippen LogP contribution in [0.2, 0.25) is 5.02 Å². The monoisotopic (exact) mass is 360 g/mol. The minimum absolute atomic E-state index is 0.429. The maximum atomic E-state index is 6.44. The van der Waals surface area contributed by atoms with Crippen molar-refractivity contribution in [3.8, 4) is 0 Å². The molecule has 0 bridgehead atoms. The van der Waals surface area contributed by atoms with Crippen molar-refractivity contribution in [2.45, 2.75) is 32.4 Å². The number of hydrogen-bond donors (Lipinski definition) is 0. The molecule has 6 heteroatoms. The second kappa shape index (κ2) is 5.92. The SMILES string of the molecule is C=C1C2=C(c3cc(Cl)c(C)nc3N1C)N1CC(C)N(C)CC1CCO2. The molecule has 1 fully saturated rings. The smallest absolute Gasteiger partial charge is 0.166 e. The Morgan fingerprint density at radius 2 is 2.08 bits per heavy atom.